The highest BCUT2D eigenvalue weighted by atomic mass is 79.9. The zero-order chi connectivity index (χ0) is 18.6. The molecule has 0 rings (SSSR count). The third-order valence-corrected chi connectivity index (χ3v) is 5.94. The van der Waals surface area contributed by atoms with Crippen molar-refractivity contribution in [3.63, 3.8) is 0 Å². The van der Waals surface area contributed by atoms with Gasteiger partial charge in [0.15, 0.2) is 0 Å². The van der Waals surface area contributed by atoms with Gasteiger partial charge in [-0.05, 0) is 51.4 Å². The van der Waals surface area contributed by atoms with Crippen molar-refractivity contribution >= 4 is 0 Å². The smallest absolute Gasteiger partial charge is 0.0786 e. The van der Waals surface area contributed by atoms with Crippen LogP contribution in [-0.4, -0.2) is 30.7 Å². The summed E-state index contributed by atoms with van der Waals surface area (Å²) in [4.78, 5) is 0. The topological polar surface area (TPSA) is 0 Å². The van der Waals surface area contributed by atoms with E-state index in [0.29, 0.717) is 0 Å². The summed E-state index contributed by atoms with van der Waals surface area (Å²) < 4.78 is 1.45. The minimum absolute atomic E-state index is 0. The van der Waals surface area contributed by atoms with E-state index in [1.165, 1.54) is 133 Å². The lowest BCUT2D eigenvalue weighted by atomic mass is 10.1. The van der Waals surface area contributed by atoms with Crippen molar-refractivity contribution in [1.29, 1.82) is 0 Å². The van der Waals surface area contributed by atoms with Gasteiger partial charge in [0.25, 0.3) is 0 Å². The zero-order valence-corrected chi connectivity index (χ0v) is 20.6. The number of hydrogen-bond donors (Lipinski definition) is 0. The average molecular weight is 435 g/mol. The van der Waals surface area contributed by atoms with E-state index < -0.39 is 0 Å². The molecule has 160 valence electrons. The van der Waals surface area contributed by atoms with Crippen LogP contribution in [0.1, 0.15) is 130 Å². The molecule has 0 radical (unpaired) electrons. The number of halogens is 1. The molecule has 26 heavy (non-hydrogen) atoms. The minimum Gasteiger partial charge on any atom is -1.00 e. The quantitative estimate of drug-likeness (QED) is 0.184. The van der Waals surface area contributed by atoms with Crippen molar-refractivity contribution in [1.82, 2.24) is 0 Å². The van der Waals surface area contributed by atoms with Crippen LogP contribution in [0.3, 0.4) is 0 Å². The van der Waals surface area contributed by atoms with Crippen LogP contribution >= 0.6 is 0 Å². The largest absolute Gasteiger partial charge is 1.00 e. The second kappa shape index (κ2) is 21.7. The van der Waals surface area contributed by atoms with Crippen LogP contribution in [0.25, 0.3) is 0 Å². The lowest BCUT2D eigenvalue weighted by Crippen LogP contribution is -3.00. The van der Waals surface area contributed by atoms with Gasteiger partial charge in [0.05, 0.1) is 26.2 Å². The average Bonchev–Trinajstić information content (AvgIpc) is 2.61. The molecule has 0 aliphatic rings. The fourth-order valence-corrected chi connectivity index (χ4v) is 4.17. The SMILES string of the molecule is CCCCCCCCC[N+](CCCCC)(CCCCC)CCCCC.[Br-]. The van der Waals surface area contributed by atoms with Crippen LogP contribution < -0.4 is 17.0 Å². The highest BCUT2D eigenvalue weighted by Crippen LogP contribution is 2.19. The van der Waals surface area contributed by atoms with Gasteiger partial charge < -0.3 is 21.5 Å². The predicted octanol–water partition coefficient (Wildman–Crippen LogP) is 5.13. The lowest BCUT2D eigenvalue weighted by Gasteiger charge is -2.39. The van der Waals surface area contributed by atoms with Gasteiger partial charge in [0.1, 0.15) is 0 Å². The Labute approximate surface area is 178 Å². The minimum atomic E-state index is 0. The van der Waals surface area contributed by atoms with Gasteiger partial charge in [-0.1, -0.05) is 79.1 Å². The molecule has 0 aromatic carbocycles. The van der Waals surface area contributed by atoms with Gasteiger partial charge >= 0.3 is 0 Å². The van der Waals surface area contributed by atoms with Crippen LogP contribution in [0.5, 0.6) is 0 Å². The number of unbranched alkanes of at least 4 members (excludes halogenated alkanes) is 12. The van der Waals surface area contributed by atoms with E-state index in [0.717, 1.165) is 0 Å². The summed E-state index contributed by atoms with van der Waals surface area (Å²) in [7, 11) is 0. The normalized spacial score (nSPS) is 11.5. The first-order valence-electron chi connectivity index (χ1n) is 12.1. The van der Waals surface area contributed by atoms with Crippen molar-refractivity contribution in [3.8, 4) is 0 Å². The van der Waals surface area contributed by atoms with E-state index in [9.17, 15) is 0 Å². The van der Waals surface area contributed by atoms with E-state index in [1.807, 2.05) is 0 Å². The monoisotopic (exact) mass is 433 g/mol. The highest BCUT2D eigenvalue weighted by molar-refractivity contribution is 4.53. The van der Waals surface area contributed by atoms with E-state index in [4.69, 9.17) is 0 Å². The lowest BCUT2D eigenvalue weighted by molar-refractivity contribution is -0.929. The molecule has 0 aliphatic carbocycles. The van der Waals surface area contributed by atoms with Crippen LogP contribution in [0.15, 0.2) is 0 Å². The molecule has 0 N–H and O–H groups in total. The maximum absolute atomic E-state index is 2.35. The molecule has 0 atom stereocenters. The fourth-order valence-electron chi connectivity index (χ4n) is 4.17. The molecule has 0 aromatic heterocycles. The summed E-state index contributed by atoms with van der Waals surface area (Å²) >= 11 is 0. The summed E-state index contributed by atoms with van der Waals surface area (Å²) in [6, 6.07) is 0. The van der Waals surface area contributed by atoms with E-state index >= 15 is 0 Å². The summed E-state index contributed by atoms with van der Waals surface area (Å²) in [6.07, 6.45) is 22.9. The van der Waals surface area contributed by atoms with E-state index in [1.54, 1.807) is 0 Å². The number of rotatable bonds is 20. The Morgan fingerprint density at radius 2 is 0.577 bits per heavy atom. The third-order valence-electron chi connectivity index (χ3n) is 5.94. The summed E-state index contributed by atoms with van der Waals surface area (Å²) in [5.74, 6) is 0. The third kappa shape index (κ3) is 16.6. The van der Waals surface area contributed by atoms with Crippen LogP contribution in [-0.2, 0) is 0 Å². The van der Waals surface area contributed by atoms with E-state index in [2.05, 4.69) is 27.7 Å². The summed E-state index contributed by atoms with van der Waals surface area (Å²) in [6.45, 7) is 15.2. The molecule has 0 saturated carbocycles. The van der Waals surface area contributed by atoms with Gasteiger partial charge in [-0.3, -0.25) is 0 Å². The molecule has 0 aromatic rings. The molecular formula is C24H52BrN. The molecule has 0 spiro atoms. The van der Waals surface area contributed by atoms with Gasteiger partial charge in [0.2, 0.25) is 0 Å². The molecule has 0 aliphatic heterocycles. The van der Waals surface area contributed by atoms with E-state index in [-0.39, 0.29) is 17.0 Å². The standard InChI is InChI=1S/C24H52N.BrH/c1-5-9-13-14-15-16-20-24-25(21-17-10-6-2,22-18-11-7-3)23-19-12-8-4;/h5-24H2,1-4H3;1H/q+1;/p-1. The number of quaternary nitrogens is 1. The Morgan fingerprint density at radius 1 is 0.346 bits per heavy atom. The first-order valence-corrected chi connectivity index (χ1v) is 12.1. The fraction of sp³-hybridized carbons (Fsp3) is 1.00. The molecule has 0 unspecified atom stereocenters. The molecule has 1 nitrogen and oxygen atoms in total. The Balaban J connectivity index is 0. The summed E-state index contributed by atoms with van der Waals surface area (Å²) in [5.41, 5.74) is 0. The zero-order valence-electron chi connectivity index (χ0n) is 19.0. The molecule has 0 fully saturated rings. The van der Waals surface area contributed by atoms with Crippen molar-refractivity contribution in [2.24, 2.45) is 0 Å². The molecular weight excluding hydrogens is 382 g/mol. The Kier molecular flexibility index (Phi) is 24.0. The Hall–Kier alpha value is 0.440. The van der Waals surface area contributed by atoms with Crippen molar-refractivity contribution < 1.29 is 21.5 Å². The number of hydrogen-bond acceptors (Lipinski definition) is 0. The second-order valence-electron chi connectivity index (χ2n) is 8.48. The van der Waals surface area contributed by atoms with Gasteiger partial charge in [-0.2, -0.15) is 0 Å². The van der Waals surface area contributed by atoms with Crippen LogP contribution in [0.4, 0.5) is 0 Å². The molecule has 0 heterocycles. The summed E-state index contributed by atoms with van der Waals surface area (Å²) in [5, 5.41) is 0. The van der Waals surface area contributed by atoms with Crippen LogP contribution in [0, 0.1) is 0 Å². The second-order valence-corrected chi connectivity index (χ2v) is 8.48. The van der Waals surface area contributed by atoms with Crippen molar-refractivity contribution in [2.45, 2.75) is 130 Å². The van der Waals surface area contributed by atoms with Gasteiger partial charge in [0, 0.05) is 0 Å². The predicted molar refractivity (Wildman–Crippen MR) is 116 cm³/mol. The maximum atomic E-state index is 2.35. The first kappa shape index (κ1) is 28.6. The molecule has 2 heteroatoms. The van der Waals surface area contributed by atoms with Crippen LogP contribution in [0.2, 0.25) is 0 Å². The Bertz CT molecular complexity index is 228. The first-order chi connectivity index (χ1) is 12.2. The van der Waals surface area contributed by atoms with Crippen molar-refractivity contribution in [3.05, 3.63) is 0 Å². The van der Waals surface area contributed by atoms with Crippen molar-refractivity contribution in [2.75, 3.05) is 26.2 Å². The van der Waals surface area contributed by atoms with Gasteiger partial charge in [-0.25, -0.2) is 0 Å². The highest BCUT2D eigenvalue weighted by Gasteiger charge is 2.25. The maximum Gasteiger partial charge on any atom is 0.0786 e. The molecule has 0 saturated heterocycles. The number of nitrogens with zero attached hydrogens (tertiary/aromatic N) is 1. The van der Waals surface area contributed by atoms with Gasteiger partial charge in [-0.15, -0.1) is 0 Å². The Morgan fingerprint density at radius 3 is 0.923 bits per heavy atom. The molecule has 0 amide bonds. The molecule has 0 bridgehead atoms.